The maximum atomic E-state index is 13.2. The number of unbranched alkanes of at least 4 members (excludes halogenated alkanes) is 1. The van der Waals surface area contributed by atoms with Gasteiger partial charge in [0.1, 0.15) is 0 Å². The highest BCUT2D eigenvalue weighted by molar-refractivity contribution is 7.96. The number of aliphatic hydroxyl groups excluding tert-OH is 1. The fraction of sp³-hybridized carbons (Fsp3) is 0.345. The van der Waals surface area contributed by atoms with Gasteiger partial charge in [0.2, 0.25) is 0 Å². The number of aliphatic hydroxyl groups is 1. The third-order valence-corrected chi connectivity index (χ3v) is 8.05. The second kappa shape index (κ2) is 15.0. The monoisotopic (exact) mass is 578 g/mol. The second-order valence-corrected chi connectivity index (χ2v) is 11.5. The molecule has 0 spiro atoms. The van der Waals surface area contributed by atoms with Crippen LogP contribution in [0.3, 0.4) is 0 Å². The van der Waals surface area contributed by atoms with E-state index in [1.165, 1.54) is 0 Å². The number of carbonyl (C=O) groups is 1. The molecule has 0 heterocycles. The van der Waals surface area contributed by atoms with Gasteiger partial charge in [-0.1, -0.05) is 103 Å². The quantitative estimate of drug-likeness (QED) is 0.162. The number of nitrogens with zero attached hydrogens (tertiary/aromatic N) is 1. The summed E-state index contributed by atoms with van der Waals surface area (Å²) in [6.07, 6.45) is 1.79. The lowest BCUT2D eigenvalue weighted by Gasteiger charge is -2.30. The Hall–Kier alpha value is -1.73. The van der Waals surface area contributed by atoms with E-state index in [9.17, 15) is 9.90 Å². The molecule has 4 nitrogen and oxygen atoms in total. The van der Waals surface area contributed by atoms with Crippen molar-refractivity contribution in [3.8, 4) is 0 Å². The molecule has 0 radical (unpaired) electrons. The zero-order valence-electron chi connectivity index (χ0n) is 21.1. The van der Waals surface area contributed by atoms with Crippen LogP contribution in [-0.2, 0) is 13.0 Å². The molecular weight excluding hydrogens is 547 g/mol. The van der Waals surface area contributed by atoms with Crippen molar-refractivity contribution in [1.82, 2.24) is 9.62 Å². The van der Waals surface area contributed by atoms with Crippen molar-refractivity contribution in [3.05, 3.63) is 104 Å². The average molecular weight is 580 g/mol. The van der Waals surface area contributed by atoms with Crippen molar-refractivity contribution in [1.29, 1.82) is 0 Å². The topological polar surface area (TPSA) is 52.6 Å². The molecule has 2 unspecified atom stereocenters. The summed E-state index contributed by atoms with van der Waals surface area (Å²) in [6, 6.07) is 20.2. The first-order valence-electron chi connectivity index (χ1n) is 12.4. The molecule has 0 aliphatic carbocycles. The van der Waals surface area contributed by atoms with Crippen molar-refractivity contribution < 1.29 is 9.90 Å². The van der Waals surface area contributed by atoms with Crippen LogP contribution >= 0.6 is 46.8 Å². The van der Waals surface area contributed by atoms with Gasteiger partial charge in [-0.25, -0.2) is 4.31 Å². The molecule has 198 valence electrons. The number of hydrogen-bond acceptors (Lipinski definition) is 4. The number of halogens is 3. The molecule has 3 aromatic carbocycles. The van der Waals surface area contributed by atoms with E-state index < -0.39 is 12.1 Å². The molecule has 0 aliphatic rings. The third-order valence-electron chi connectivity index (χ3n) is 5.90. The van der Waals surface area contributed by atoms with E-state index in [1.54, 1.807) is 30.1 Å². The minimum Gasteiger partial charge on any atom is -0.390 e. The molecule has 0 aromatic heterocycles. The summed E-state index contributed by atoms with van der Waals surface area (Å²) in [6.45, 7) is 5.16. The van der Waals surface area contributed by atoms with E-state index in [0.29, 0.717) is 29.6 Å². The lowest BCUT2D eigenvalue weighted by Crippen LogP contribution is -2.48. The van der Waals surface area contributed by atoms with Crippen LogP contribution in [0.4, 0.5) is 0 Å². The molecule has 1 amide bonds. The highest BCUT2D eigenvalue weighted by atomic mass is 35.5. The van der Waals surface area contributed by atoms with Crippen LogP contribution in [0.25, 0.3) is 0 Å². The number of aryl methyl sites for hydroxylation is 1. The molecule has 0 saturated carbocycles. The van der Waals surface area contributed by atoms with Crippen molar-refractivity contribution in [2.45, 2.75) is 51.8 Å². The van der Waals surface area contributed by atoms with Crippen LogP contribution in [0.5, 0.6) is 0 Å². The van der Waals surface area contributed by atoms with Crippen molar-refractivity contribution >= 4 is 52.7 Å². The molecule has 3 rings (SSSR count). The van der Waals surface area contributed by atoms with Crippen molar-refractivity contribution in [3.63, 3.8) is 0 Å². The highest BCUT2D eigenvalue weighted by Crippen LogP contribution is 2.26. The normalized spacial score (nSPS) is 12.9. The van der Waals surface area contributed by atoms with Gasteiger partial charge in [-0.15, -0.1) is 0 Å². The summed E-state index contributed by atoms with van der Waals surface area (Å²) in [4.78, 5) is 13.2. The number of benzene rings is 3. The lowest BCUT2D eigenvalue weighted by atomic mass is 10.00. The van der Waals surface area contributed by atoms with Crippen LogP contribution in [0.1, 0.15) is 46.8 Å². The Bertz CT molecular complexity index is 1140. The second-order valence-electron chi connectivity index (χ2n) is 9.08. The molecule has 0 fully saturated rings. The van der Waals surface area contributed by atoms with Gasteiger partial charge < -0.3 is 10.4 Å². The summed E-state index contributed by atoms with van der Waals surface area (Å²) < 4.78 is 2.15. The van der Waals surface area contributed by atoms with E-state index in [2.05, 4.69) is 22.6 Å². The van der Waals surface area contributed by atoms with Crippen LogP contribution in [0.15, 0.2) is 66.7 Å². The van der Waals surface area contributed by atoms with Gasteiger partial charge in [0.05, 0.1) is 27.8 Å². The van der Waals surface area contributed by atoms with E-state index in [-0.39, 0.29) is 16.5 Å². The van der Waals surface area contributed by atoms with Crippen LogP contribution < -0.4 is 5.32 Å². The molecule has 0 aliphatic heterocycles. The van der Waals surface area contributed by atoms with E-state index in [4.69, 9.17) is 34.8 Å². The molecule has 2 N–H and O–H groups in total. The Morgan fingerprint density at radius 1 is 1.03 bits per heavy atom. The maximum Gasteiger partial charge on any atom is 0.253 e. The van der Waals surface area contributed by atoms with Gasteiger partial charge in [-0.3, -0.25) is 4.79 Å². The summed E-state index contributed by atoms with van der Waals surface area (Å²) in [5.41, 5.74) is 3.47. The highest BCUT2D eigenvalue weighted by Gasteiger charge is 2.26. The molecule has 8 heteroatoms. The largest absolute Gasteiger partial charge is 0.390 e. The van der Waals surface area contributed by atoms with Crippen LogP contribution in [0.2, 0.25) is 15.1 Å². The standard InChI is InChI=1S/C29H33Cl3N2O2S/c1-3-4-13-37-34(18-22-14-20(2)15-23(30)16-22)19-27(35)26(17-21-9-6-5-7-10-21)33-29(36)24-11-8-12-25(31)28(24)32/h5-12,14-16,26-27,35H,3-4,13,17-19H2,1-2H3,(H,33,36). The Morgan fingerprint density at radius 2 is 1.78 bits per heavy atom. The number of carbonyl (C=O) groups excluding carboxylic acids is 1. The van der Waals surface area contributed by atoms with Gasteiger partial charge in [0.25, 0.3) is 5.91 Å². The minimum absolute atomic E-state index is 0.197. The molecule has 3 aromatic rings. The first-order valence-corrected chi connectivity index (χ1v) is 14.4. The third kappa shape index (κ3) is 9.51. The van der Waals surface area contributed by atoms with Crippen LogP contribution in [0, 0.1) is 6.92 Å². The maximum absolute atomic E-state index is 13.2. The fourth-order valence-electron chi connectivity index (χ4n) is 4.02. The first kappa shape index (κ1) is 29.8. The zero-order valence-corrected chi connectivity index (χ0v) is 24.2. The van der Waals surface area contributed by atoms with Gasteiger partial charge >= 0.3 is 0 Å². The Kier molecular flexibility index (Phi) is 12.1. The summed E-state index contributed by atoms with van der Waals surface area (Å²) in [5, 5.41) is 15.7. The van der Waals surface area contributed by atoms with Gasteiger partial charge in [-0.05, 0) is 60.7 Å². The Morgan fingerprint density at radius 3 is 2.49 bits per heavy atom. The number of amides is 1. The summed E-state index contributed by atoms with van der Waals surface area (Å²) in [7, 11) is 0. The fourth-order valence-corrected chi connectivity index (χ4v) is 5.89. The number of nitrogens with one attached hydrogen (secondary N) is 1. The summed E-state index contributed by atoms with van der Waals surface area (Å²) >= 11 is 20.4. The number of hydrogen-bond donors (Lipinski definition) is 2. The first-order chi connectivity index (χ1) is 17.8. The molecule has 37 heavy (non-hydrogen) atoms. The van der Waals surface area contributed by atoms with Crippen molar-refractivity contribution in [2.24, 2.45) is 0 Å². The molecule has 2 atom stereocenters. The van der Waals surface area contributed by atoms with Crippen LogP contribution in [-0.4, -0.2) is 39.8 Å². The SMILES string of the molecule is CCCCSN(Cc1cc(C)cc(Cl)c1)CC(O)C(Cc1ccccc1)NC(=O)c1cccc(Cl)c1Cl. The van der Waals surface area contributed by atoms with Crippen molar-refractivity contribution in [2.75, 3.05) is 12.3 Å². The molecular formula is C29H33Cl3N2O2S. The predicted molar refractivity (Wildman–Crippen MR) is 158 cm³/mol. The predicted octanol–water partition coefficient (Wildman–Crippen LogP) is 7.61. The molecule has 0 bridgehead atoms. The Balaban J connectivity index is 1.81. The van der Waals surface area contributed by atoms with E-state index in [0.717, 1.165) is 35.3 Å². The van der Waals surface area contributed by atoms with Gasteiger partial charge in [-0.2, -0.15) is 0 Å². The minimum atomic E-state index is -0.837. The smallest absolute Gasteiger partial charge is 0.253 e. The number of rotatable bonds is 13. The summed E-state index contributed by atoms with van der Waals surface area (Å²) in [5.74, 6) is 0.569. The Labute approximate surface area is 239 Å². The van der Waals surface area contributed by atoms with Gasteiger partial charge in [0, 0.05) is 23.9 Å². The van der Waals surface area contributed by atoms with Gasteiger partial charge in [0.15, 0.2) is 0 Å². The lowest BCUT2D eigenvalue weighted by molar-refractivity contribution is 0.0787. The van der Waals surface area contributed by atoms with E-state index in [1.807, 2.05) is 49.4 Å². The zero-order chi connectivity index (χ0) is 26.8. The van der Waals surface area contributed by atoms with E-state index >= 15 is 0 Å². The molecule has 0 saturated heterocycles. The average Bonchev–Trinajstić information content (AvgIpc) is 2.85.